The van der Waals surface area contributed by atoms with E-state index in [1.165, 1.54) is 6.92 Å². The van der Waals surface area contributed by atoms with Gasteiger partial charge < -0.3 is 150 Å². The highest BCUT2D eigenvalue weighted by Crippen LogP contribution is 2.35. The van der Waals surface area contributed by atoms with Crippen molar-refractivity contribution in [1.29, 1.82) is 0 Å². The summed E-state index contributed by atoms with van der Waals surface area (Å²) in [5.41, 5.74) is 0. The molecule has 0 spiro atoms. The first kappa shape index (κ1) is 63.2. The Morgan fingerprint density at radius 2 is 0.947 bits per heavy atom. The number of amides is 3. The molecule has 0 aliphatic carbocycles. The minimum atomic E-state index is -2.32. The predicted molar refractivity (Wildman–Crippen MR) is 235 cm³/mol. The van der Waals surface area contributed by atoms with Crippen LogP contribution in [-0.4, -0.2) is 322 Å². The summed E-state index contributed by atoms with van der Waals surface area (Å²) >= 11 is 0. The standard InChI is InChI=1S/C42H73N3O30/c1-11-23(55)29(61)32(64)40(67-11)75-37-31(63)26(58)18(7-48)70-42(37)74-36-22(45-14(4)53)39(68-19(8-49)27(36)59)72-34(15(5-46)43-12(2)51)24(56)16(54)10-66-38-21(44-13(3)52)28(60)35(20(9-50)71-38)73-41-33(65)30(62)25(57)17(6-47)69-41/h11,15-42,46-50,54-65H,5-10H2,1-4H3,(H,43,51)(H,44,52)(H,45,53)/t11-,15-,16+,17+,18+,19+,20+,21+,22+,23+,24-,25-,26-,27+,28+,29+,30-,31-,32-,33+,34+,35+,36+,37+,38+,39-,40-,41-,42-/m0/s1. The van der Waals surface area contributed by atoms with Crippen LogP contribution in [0.3, 0.4) is 0 Å². The molecule has 5 aliphatic heterocycles. The lowest BCUT2D eigenvalue weighted by Crippen LogP contribution is -2.70. The molecule has 3 amide bonds. The van der Waals surface area contributed by atoms with Crippen LogP contribution in [0.5, 0.6) is 0 Å². The molecule has 0 aromatic heterocycles. The topological polar surface area (TPSA) is 524 Å². The Labute approximate surface area is 426 Å². The largest absolute Gasteiger partial charge is 0.394 e. The van der Waals surface area contributed by atoms with E-state index in [4.69, 9.17) is 47.4 Å². The van der Waals surface area contributed by atoms with Gasteiger partial charge in [-0.1, -0.05) is 0 Å². The Balaban J connectivity index is 1.42. The quantitative estimate of drug-likeness (QED) is 0.0479. The number of carbonyl (C=O) groups excluding carboxylic acids is 3. The Kier molecular flexibility index (Phi) is 23.5. The van der Waals surface area contributed by atoms with Gasteiger partial charge in [0.25, 0.3) is 0 Å². The lowest BCUT2D eigenvalue weighted by atomic mass is 9.94. The van der Waals surface area contributed by atoms with Crippen molar-refractivity contribution in [2.45, 2.75) is 205 Å². The zero-order valence-corrected chi connectivity index (χ0v) is 40.9. The summed E-state index contributed by atoms with van der Waals surface area (Å²) in [4.78, 5) is 37.7. The number of ether oxygens (including phenoxy) is 10. The summed E-state index contributed by atoms with van der Waals surface area (Å²) in [6, 6.07) is -5.20. The van der Waals surface area contributed by atoms with E-state index in [2.05, 4.69) is 16.0 Å². The highest BCUT2D eigenvalue weighted by molar-refractivity contribution is 5.74. The van der Waals surface area contributed by atoms with E-state index < -0.39 is 235 Å². The highest BCUT2D eigenvalue weighted by Gasteiger charge is 2.56. The highest BCUT2D eigenvalue weighted by atomic mass is 16.8. The third-order valence-corrected chi connectivity index (χ3v) is 13.2. The van der Waals surface area contributed by atoms with Gasteiger partial charge in [0.05, 0.1) is 51.8 Å². The van der Waals surface area contributed by atoms with Gasteiger partial charge in [0, 0.05) is 20.8 Å². The van der Waals surface area contributed by atoms with E-state index >= 15 is 0 Å². The number of aliphatic hydroxyl groups excluding tert-OH is 17. The predicted octanol–water partition coefficient (Wildman–Crippen LogP) is -13.0. The fraction of sp³-hybridized carbons (Fsp3) is 0.929. The van der Waals surface area contributed by atoms with Gasteiger partial charge in [-0.15, -0.1) is 0 Å². The Bertz CT molecular complexity index is 1800. The molecule has 75 heavy (non-hydrogen) atoms. The fourth-order valence-electron chi connectivity index (χ4n) is 9.15. The fourth-order valence-corrected chi connectivity index (χ4v) is 9.15. The molecule has 5 aliphatic rings. The van der Waals surface area contributed by atoms with Crippen molar-refractivity contribution in [1.82, 2.24) is 16.0 Å². The molecular weight excluding hydrogens is 1030 g/mol. The van der Waals surface area contributed by atoms with Crippen molar-refractivity contribution >= 4 is 17.7 Å². The second kappa shape index (κ2) is 28.0. The molecule has 29 atom stereocenters. The van der Waals surface area contributed by atoms with E-state index in [0.717, 1.165) is 20.8 Å². The molecule has 0 unspecified atom stereocenters. The van der Waals surface area contributed by atoms with Gasteiger partial charge in [-0.3, -0.25) is 14.4 Å². The van der Waals surface area contributed by atoms with Crippen LogP contribution in [0.1, 0.15) is 27.7 Å². The van der Waals surface area contributed by atoms with Crippen molar-refractivity contribution < 1.29 is 149 Å². The lowest BCUT2D eigenvalue weighted by molar-refractivity contribution is -0.382. The van der Waals surface area contributed by atoms with Gasteiger partial charge in [-0.05, 0) is 6.92 Å². The number of hydrogen-bond donors (Lipinski definition) is 20. The summed E-state index contributed by atoms with van der Waals surface area (Å²) in [6.45, 7) is -1.62. The summed E-state index contributed by atoms with van der Waals surface area (Å²) < 4.78 is 57.5. The molecule has 5 rings (SSSR count). The zero-order valence-electron chi connectivity index (χ0n) is 40.9. The van der Waals surface area contributed by atoms with Crippen LogP contribution >= 0.6 is 0 Å². The third-order valence-electron chi connectivity index (χ3n) is 13.2. The first-order valence-electron chi connectivity index (χ1n) is 23.9. The Morgan fingerprint density at radius 3 is 1.49 bits per heavy atom. The zero-order chi connectivity index (χ0) is 55.9. The van der Waals surface area contributed by atoms with E-state index in [0.29, 0.717) is 0 Å². The molecule has 436 valence electrons. The SMILES string of the molecule is CC(=O)N[C@H]1[C@H](OC[C@@H](O)[C@H](O)[C@H](O[C@@H]2O[C@H](CO)[C@@H](O)[C@H](O[C@@H]3O[C@H](CO)[C@H](O)[C@H](O)[C@H]3O[C@@H]3O[C@@H](C)[C@@H](O)[C@@H](O)[C@@H]3O)[C@H]2NC(C)=O)[C@H](CO)NC(C)=O)O[C@H](CO)[C@@H](O[C@@H]2O[C@H](CO)[C@H](O)[C@H](O)[C@H]2O)[C@@H]1O. The van der Waals surface area contributed by atoms with Gasteiger partial charge >= 0.3 is 0 Å². The van der Waals surface area contributed by atoms with E-state index in [9.17, 15) is 101 Å². The Morgan fingerprint density at radius 1 is 0.480 bits per heavy atom. The average molecular weight is 1100 g/mol. The maximum absolute atomic E-state index is 12.9. The van der Waals surface area contributed by atoms with E-state index in [1.807, 2.05) is 0 Å². The van der Waals surface area contributed by atoms with E-state index in [1.54, 1.807) is 0 Å². The number of carbonyl (C=O) groups is 3. The number of nitrogens with one attached hydrogen (secondary N) is 3. The summed E-state index contributed by atoms with van der Waals surface area (Å²) in [5.74, 6) is -2.53. The van der Waals surface area contributed by atoms with Crippen LogP contribution in [0.2, 0.25) is 0 Å². The minimum Gasteiger partial charge on any atom is -0.394 e. The Hall–Kier alpha value is -2.67. The molecule has 33 nitrogen and oxygen atoms in total. The van der Waals surface area contributed by atoms with Gasteiger partial charge in [0.1, 0.15) is 134 Å². The van der Waals surface area contributed by atoms with Crippen LogP contribution < -0.4 is 16.0 Å². The first-order valence-corrected chi connectivity index (χ1v) is 23.9. The van der Waals surface area contributed by atoms with Gasteiger partial charge in [-0.2, -0.15) is 0 Å². The number of hydrogen-bond acceptors (Lipinski definition) is 30. The van der Waals surface area contributed by atoms with Gasteiger partial charge in [-0.25, -0.2) is 0 Å². The molecule has 0 aromatic rings. The molecule has 0 saturated carbocycles. The van der Waals surface area contributed by atoms with Crippen LogP contribution in [-0.2, 0) is 61.8 Å². The molecular formula is C42H73N3O30. The molecule has 20 N–H and O–H groups in total. The second-order valence-corrected chi connectivity index (χ2v) is 18.8. The van der Waals surface area contributed by atoms with Gasteiger partial charge in [0.15, 0.2) is 31.5 Å². The molecule has 0 bridgehead atoms. The maximum atomic E-state index is 12.9. The molecule has 0 radical (unpaired) electrons. The lowest BCUT2D eigenvalue weighted by Gasteiger charge is -2.50. The summed E-state index contributed by atoms with van der Waals surface area (Å²) in [5, 5.41) is 189. The van der Waals surface area contributed by atoms with Crippen molar-refractivity contribution in [2.24, 2.45) is 0 Å². The normalized spacial score (nSPS) is 44.2. The van der Waals surface area contributed by atoms with Crippen molar-refractivity contribution in [3.63, 3.8) is 0 Å². The third kappa shape index (κ3) is 14.8. The van der Waals surface area contributed by atoms with Crippen LogP contribution in [0.4, 0.5) is 0 Å². The second-order valence-electron chi connectivity index (χ2n) is 18.8. The minimum absolute atomic E-state index is 0.803. The average Bonchev–Trinajstić information content (AvgIpc) is 3.37. The smallest absolute Gasteiger partial charge is 0.217 e. The first-order chi connectivity index (χ1) is 35.3. The van der Waals surface area contributed by atoms with Crippen molar-refractivity contribution in [3.8, 4) is 0 Å². The van der Waals surface area contributed by atoms with Crippen molar-refractivity contribution in [2.75, 3.05) is 39.6 Å². The van der Waals surface area contributed by atoms with Crippen LogP contribution in [0.15, 0.2) is 0 Å². The molecule has 5 saturated heterocycles. The number of aliphatic hydroxyl groups is 17. The van der Waals surface area contributed by atoms with E-state index in [-0.39, 0.29) is 0 Å². The van der Waals surface area contributed by atoms with Crippen LogP contribution in [0.25, 0.3) is 0 Å². The number of rotatable bonds is 22. The summed E-state index contributed by atoms with van der Waals surface area (Å²) in [6.07, 6.45) is -48.6. The molecule has 33 heteroatoms. The summed E-state index contributed by atoms with van der Waals surface area (Å²) in [7, 11) is 0. The molecule has 5 heterocycles. The van der Waals surface area contributed by atoms with Gasteiger partial charge in [0.2, 0.25) is 17.7 Å². The molecule has 0 aromatic carbocycles. The maximum Gasteiger partial charge on any atom is 0.217 e. The van der Waals surface area contributed by atoms with Crippen LogP contribution in [0, 0.1) is 0 Å². The molecule has 5 fully saturated rings. The monoisotopic (exact) mass is 1100 g/mol. The van der Waals surface area contributed by atoms with Crippen molar-refractivity contribution in [3.05, 3.63) is 0 Å².